The average molecular weight is 252 g/mol. The average Bonchev–Trinajstić information content (AvgIpc) is 2.32. The first kappa shape index (κ1) is 11.8. The van der Waals surface area contributed by atoms with Crippen LogP contribution in [0.3, 0.4) is 0 Å². The summed E-state index contributed by atoms with van der Waals surface area (Å²) in [7, 11) is 0. The van der Waals surface area contributed by atoms with Gasteiger partial charge in [-0.2, -0.15) is 0 Å². The fourth-order valence-corrected chi connectivity index (χ4v) is 1.38. The largest absolute Gasteiger partial charge is 0.368 e. The number of nitrogen functional groups attached to an aromatic ring is 1. The van der Waals surface area contributed by atoms with Gasteiger partial charge in [-0.15, -0.1) is 0 Å². The Hall–Kier alpha value is -2.64. The van der Waals surface area contributed by atoms with E-state index in [0.717, 1.165) is 18.3 Å². The van der Waals surface area contributed by atoms with E-state index in [0.29, 0.717) is 0 Å². The Kier molecular flexibility index (Phi) is 2.84. The molecule has 0 saturated heterocycles. The highest BCUT2D eigenvalue weighted by atomic mass is 19.2. The molecule has 1 heterocycles. The van der Waals surface area contributed by atoms with Gasteiger partial charge in [-0.3, -0.25) is 10.1 Å². The number of nitrogens with two attached hydrogens (primary N) is 1. The lowest BCUT2D eigenvalue weighted by Crippen LogP contribution is -2.01. The first-order valence-corrected chi connectivity index (χ1v) is 4.71. The summed E-state index contributed by atoms with van der Waals surface area (Å²) < 4.78 is 25.9. The van der Waals surface area contributed by atoms with Gasteiger partial charge in [0.25, 0.3) is 0 Å². The molecule has 0 aliphatic heterocycles. The van der Waals surface area contributed by atoms with Crippen LogP contribution < -0.4 is 5.73 Å². The Morgan fingerprint density at radius 2 is 2.00 bits per heavy atom. The zero-order valence-corrected chi connectivity index (χ0v) is 8.80. The van der Waals surface area contributed by atoms with E-state index in [4.69, 9.17) is 5.73 Å². The molecular formula is C10H6F2N4O2. The monoisotopic (exact) mass is 252 g/mol. The van der Waals surface area contributed by atoms with E-state index in [1.54, 1.807) is 0 Å². The second kappa shape index (κ2) is 4.32. The van der Waals surface area contributed by atoms with Crippen molar-refractivity contribution in [1.29, 1.82) is 0 Å². The molecule has 2 N–H and O–H groups in total. The third-order valence-electron chi connectivity index (χ3n) is 2.18. The van der Waals surface area contributed by atoms with Gasteiger partial charge >= 0.3 is 5.69 Å². The van der Waals surface area contributed by atoms with E-state index in [9.17, 15) is 18.9 Å². The molecule has 0 bridgehead atoms. The zero-order valence-electron chi connectivity index (χ0n) is 8.80. The molecule has 0 atom stereocenters. The summed E-state index contributed by atoms with van der Waals surface area (Å²) in [6.07, 6.45) is 0.916. The number of benzene rings is 1. The molecule has 2 rings (SSSR count). The number of halogens is 2. The fraction of sp³-hybridized carbons (Fsp3) is 0. The Morgan fingerprint density at radius 3 is 2.61 bits per heavy atom. The lowest BCUT2D eigenvalue weighted by Gasteiger charge is -2.03. The molecule has 0 aliphatic rings. The van der Waals surface area contributed by atoms with Gasteiger partial charge in [-0.1, -0.05) is 0 Å². The molecule has 1 aromatic heterocycles. The second-order valence-corrected chi connectivity index (χ2v) is 3.35. The van der Waals surface area contributed by atoms with Crippen LogP contribution in [0.15, 0.2) is 24.4 Å². The lowest BCUT2D eigenvalue weighted by atomic mass is 10.1. The third-order valence-corrected chi connectivity index (χ3v) is 2.18. The van der Waals surface area contributed by atoms with Crippen molar-refractivity contribution in [2.45, 2.75) is 0 Å². The number of nitrogens with zero attached hydrogens (tertiary/aromatic N) is 3. The van der Waals surface area contributed by atoms with Crippen LogP contribution in [0.4, 0.5) is 20.4 Å². The van der Waals surface area contributed by atoms with Crippen LogP contribution >= 0.6 is 0 Å². The standard InChI is InChI=1S/C10H6F2N4O2/c11-6-2-1-5(3-7(6)12)9-8(16(17)18)4-14-10(13)15-9/h1-4H,(H2,13,14,15). The highest BCUT2D eigenvalue weighted by Gasteiger charge is 2.19. The fourth-order valence-electron chi connectivity index (χ4n) is 1.38. The maximum Gasteiger partial charge on any atom is 0.313 e. The number of aromatic nitrogens is 2. The molecule has 1 aromatic carbocycles. The van der Waals surface area contributed by atoms with Gasteiger partial charge in [0.15, 0.2) is 17.3 Å². The maximum absolute atomic E-state index is 13.1. The topological polar surface area (TPSA) is 94.9 Å². The van der Waals surface area contributed by atoms with Crippen molar-refractivity contribution < 1.29 is 13.7 Å². The Bertz CT molecular complexity index is 633. The highest BCUT2D eigenvalue weighted by molar-refractivity contribution is 5.69. The minimum Gasteiger partial charge on any atom is -0.368 e. The van der Waals surface area contributed by atoms with Crippen molar-refractivity contribution in [3.63, 3.8) is 0 Å². The van der Waals surface area contributed by atoms with Gasteiger partial charge in [-0.05, 0) is 18.2 Å². The SMILES string of the molecule is Nc1ncc([N+](=O)[O-])c(-c2ccc(F)c(F)c2)n1. The molecule has 0 unspecified atom stereocenters. The van der Waals surface area contributed by atoms with Crippen molar-refractivity contribution in [2.24, 2.45) is 0 Å². The number of rotatable bonds is 2. The summed E-state index contributed by atoms with van der Waals surface area (Å²) in [5, 5.41) is 10.8. The number of hydrogen-bond acceptors (Lipinski definition) is 5. The normalized spacial score (nSPS) is 10.3. The Morgan fingerprint density at radius 1 is 1.28 bits per heavy atom. The molecular weight excluding hydrogens is 246 g/mol. The summed E-state index contributed by atoms with van der Waals surface area (Å²) in [6, 6.07) is 2.84. The van der Waals surface area contributed by atoms with Crippen molar-refractivity contribution >= 4 is 11.6 Å². The molecule has 0 aliphatic carbocycles. The van der Waals surface area contributed by atoms with Crippen molar-refractivity contribution in [1.82, 2.24) is 9.97 Å². The van der Waals surface area contributed by atoms with E-state index in [2.05, 4.69) is 9.97 Å². The van der Waals surface area contributed by atoms with E-state index in [1.807, 2.05) is 0 Å². The molecule has 0 spiro atoms. The molecule has 92 valence electrons. The first-order valence-electron chi connectivity index (χ1n) is 4.71. The second-order valence-electron chi connectivity index (χ2n) is 3.35. The summed E-state index contributed by atoms with van der Waals surface area (Å²) in [5.41, 5.74) is 4.78. The highest BCUT2D eigenvalue weighted by Crippen LogP contribution is 2.28. The van der Waals surface area contributed by atoms with Gasteiger partial charge in [0.2, 0.25) is 5.95 Å². The van der Waals surface area contributed by atoms with Crippen LogP contribution in [0.1, 0.15) is 0 Å². The summed E-state index contributed by atoms with van der Waals surface area (Å²) in [6.45, 7) is 0. The van der Waals surface area contributed by atoms with Crippen molar-refractivity contribution in [2.75, 3.05) is 5.73 Å². The number of anilines is 1. The molecule has 2 aromatic rings. The Labute approximate surface area is 99.3 Å². The minimum absolute atomic E-state index is 0.0506. The van der Waals surface area contributed by atoms with E-state index < -0.39 is 22.2 Å². The summed E-state index contributed by atoms with van der Waals surface area (Å²) in [4.78, 5) is 17.2. The lowest BCUT2D eigenvalue weighted by molar-refractivity contribution is -0.384. The summed E-state index contributed by atoms with van der Waals surface area (Å²) >= 11 is 0. The van der Waals surface area contributed by atoms with Crippen LogP contribution in [0.2, 0.25) is 0 Å². The molecule has 0 fully saturated rings. The van der Waals surface area contributed by atoms with E-state index >= 15 is 0 Å². The molecule has 18 heavy (non-hydrogen) atoms. The predicted octanol–water partition coefficient (Wildman–Crippen LogP) is 1.91. The van der Waals surface area contributed by atoms with Crippen molar-refractivity contribution in [3.05, 3.63) is 46.1 Å². The van der Waals surface area contributed by atoms with Crippen LogP contribution in [0, 0.1) is 21.7 Å². The zero-order chi connectivity index (χ0) is 13.3. The van der Waals surface area contributed by atoms with Crippen LogP contribution in [0.25, 0.3) is 11.3 Å². The molecule has 0 amide bonds. The van der Waals surface area contributed by atoms with E-state index in [-0.39, 0.29) is 17.2 Å². The Balaban J connectivity index is 2.65. The van der Waals surface area contributed by atoms with Gasteiger partial charge in [0.05, 0.1) is 4.92 Å². The molecule has 6 nitrogen and oxygen atoms in total. The van der Waals surface area contributed by atoms with Crippen LogP contribution in [0.5, 0.6) is 0 Å². The quantitative estimate of drug-likeness (QED) is 0.650. The van der Waals surface area contributed by atoms with Gasteiger partial charge in [-0.25, -0.2) is 18.7 Å². The smallest absolute Gasteiger partial charge is 0.313 e. The van der Waals surface area contributed by atoms with Crippen molar-refractivity contribution in [3.8, 4) is 11.3 Å². The molecule has 0 saturated carbocycles. The minimum atomic E-state index is -1.13. The van der Waals surface area contributed by atoms with E-state index in [1.165, 1.54) is 6.07 Å². The first-order chi connectivity index (χ1) is 8.49. The third kappa shape index (κ3) is 2.08. The molecule has 8 heteroatoms. The van der Waals surface area contributed by atoms with Crippen LogP contribution in [-0.4, -0.2) is 14.9 Å². The number of hydrogen-bond donors (Lipinski definition) is 1. The van der Waals surface area contributed by atoms with Gasteiger partial charge in [0.1, 0.15) is 6.20 Å². The summed E-state index contributed by atoms with van der Waals surface area (Å²) in [5.74, 6) is -2.37. The van der Waals surface area contributed by atoms with Gasteiger partial charge in [0, 0.05) is 5.56 Å². The maximum atomic E-state index is 13.1. The number of nitro groups is 1. The predicted molar refractivity (Wildman–Crippen MR) is 58.5 cm³/mol. The van der Waals surface area contributed by atoms with Gasteiger partial charge < -0.3 is 5.73 Å². The van der Waals surface area contributed by atoms with Crippen LogP contribution in [-0.2, 0) is 0 Å². The molecule has 0 radical (unpaired) electrons.